The molecule has 0 radical (unpaired) electrons. The molecule has 1 unspecified atom stereocenters. The van der Waals surface area contributed by atoms with Crippen LogP contribution in [-0.2, 0) is 16.1 Å². The summed E-state index contributed by atoms with van der Waals surface area (Å²) in [5.74, 6) is -0.245. The van der Waals surface area contributed by atoms with Gasteiger partial charge in [-0.05, 0) is 43.1 Å². The highest BCUT2D eigenvalue weighted by Crippen LogP contribution is 2.22. The molecule has 1 aliphatic rings. The van der Waals surface area contributed by atoms with Crippen LogP contribution in [-0.4, -0.2) is 47.8 Å². The van der Waals surface area contributed by atoms with Gasteiger partial charge in [0.2, 0.25) is 11.8 Å². The van der Waals surface area contributed by atoms with Crippen LogP contribution in [0.15, 0.2) is 54.6 Å². The number of halogens is 1. The summed E-state index contributed by atoms with van der Waals surface area (Å²) in [5, 5.41) is 3.33. The van der Waals surface area contributed by atoms with Crippen LogP contribution in [0.1, 0.15) is 18.4 Å². The number of nitrogens with zero attached hydrogens (tertiary/aromatic N) is 2. The van der Waals surface area contributed by atoms with E-state index in [1.807, 2.05) is 18.2 Å². The molecule has 5 nitrogen and oxygen atoms in total. The zero-order chi connectivity index (χ0) is 19.2. The quantitative estimate of drug-likeness (QED) is 0.829. The molecule has 2 aromatic carbocycles. The molecule has 0 saturated carbocycles. The number of hydrogen-bond donors (Lipinski definition) is 1. The fourth-order valence-corrected chi connectivity index (χ4v) is 3.62. The van der Waals surface area contributed by atoms with Gasteiger partial charge < -0.3 is 10.2 Å². The van der Waals surface area contributed by atoms with Crippen molar-refractivity contribution in [3.05, 3.63) is 65.2 Å². The number of hydrogen-bond acceptors (Lipinski definition) is 3. The Morgan fingerprint density at radius 2 is 1.96 bits per heavy atom. The van der Waals surface area contributed by atoms with E-state index in [2.05, 4.69) is 22.3 Å². The number of carbonyl (C=O) groups is 2. The Morgan fingerprint density at radius 3 is 2.70 bits per heavy atom. The van der Waals surface area contributed by atoms with E-state index in [4.69, 9.17) is 11.6 Å². The van der Waals surface area contributed by atoms with Gasteiger partial charge in [0.15, 0.2) is 0 Å². The van der Waals surface area contributed by atoms with Gasteiger partial charge in [-0.25, -0.2) is 0 Å². The normalized spacial score (nSPS) is 16.9. The predicted octanol–water partition coefficient (Wildman–Crippen LogP) is 3.40. The monoisotopic (exact) mass is 385 g/mol. The highest BCUT2D eigenvalue weighted by molar-refractivity contribution is 6.30. The molecular formula is C21H24ClN3O2. The summed E-state index contributed by atoms with van der Waals surface area (Å²) in [5.41, 5.74) is 1.82. The van der Waals surface area contributed by atoms with E-state index in [0.717, 1.165) is 25.9 Å². The third-order valence-electron chi connectivity index (χ3n) is 4.74. The van der Waals surface area contributed by atoms with Crippen molar-refractivity contribution in [1.82, 2.24) is 9.80 Å². The Labute approximate surface area is 164 Å². The first-order valence-corrected chi connectivity index (χ1v) is 9.49. The average Bonchev–Trinajstić information content (AvgIpc) is 3.09. The fourth-order valence-electron chi connectivity index (χ4n) is 3.43. The van der Waals surface area contributed by atoms with Gasteiger partial charge in [0, 0.05) is 24.3 Å². The minimum Gasteiger partial charge on any atom is -0.335 e. The molecule has 3 rings (SSSR count). The number of likely N-dealkylation sites (N-methyl/N-ethyl adjacent to an activating group) is 1. The highest BCUT2D eigenvalue weighted by atomic mass is 35.5. The van der Waals surface area contributed by atoms with Crippen molar-refractivity contribution in [3.63, 3.8) is 0 Å². The number of benzene rings is 2. The molecule has 142 valence electrons. The van der Waals surface area contributed by atoms with Crippen LogP contribution >= 0.6 is 11.6 Å². The zero-order valence-corrected chi connectivity index (χ0v) is 16.2. The van der Waals surface area contributed by atoms with Crippen LogP contribution in [0.3, 0.4) is 0 Å². The summed E-state index contributed by atoms with van der Waals surface area (Å²) < 4.78 is 0. The van der Waals surface area contributed by atoms with Gasteiger partial charge in [-0.15, -0.1) is 0 Å². The molecular weight excluding hydrogens is 362 g/mol. The molecule has 1 heterocycles. The molecule has 1 fully saturated rings. The van der Waals surface area contributed by atoms with Gasteiger partial charge in [-0.3, -0.25) is 14.5 Å². The number of amides is 2. The molecule has 2 amide bonds. The van der Waals surface area contributed by atoms with E-state index in [1.54, 1.807) is 31.3 Å². The van der Waals surface area contributed by atoms with Crippen LogP contribution in [0.4, 0.5) is 5.69 Å². The number of anilines is 1. The van der Waals surface area contributed by atoms with Crippen molar-refractivity contribution in [2.24, 2.45) is 0 Å². The van der Waals surface area contributed by atoms with Gasteiger partial charge in [-0.1, -0.05) is 48.0 Å². The van der Waals surface area contributed by atoms with Crippen molar-refractivity contribution < 1.29 is 9.59 Å². The van der Waals surface area contributed by atoms with Gasteiger partial charge in [0.1, 0.15) is 0 Å². The summed E-state index contributed by atoms with van der Waals surface area (Å²) in [6.45, 7) is 1.66. The van der Waals surface area contributed by atoms with Crippen LogP contribution in [0.5, 0.6) is 0 Å². The second-order valence-electron chi connectivity index (χ2n) is 6.87. The molecule has 0 aliphatic carbocycles. The third kappa shape index (κ3) is 5.31. The standard InChI is InChI=1S/C21H24ClN3O2/c1-24(15-20(26)23-18-10-5-9-17(22)13-18)21(27)19-11-6-12-25(19)14-16-7-3-2-4-8-16/h2-5,7-10,13,19H,6,11-12,14-15H2,1H3,(H,23,26). The maximum atomic E-state index is 12.9. The third-order valence-corrected chi connectivity index (χ3v) is 4.98. The Morgan fingerprint density at radius 1 is 1.19 bits per heavy atom. The Hall–Kier alpha value is -2.37. The lowest BCUT2D eigenvalue weighted by atomic mass is 10.1. The largest absolute Gasteiger partial charge is 0.335 e. The van der Waals surface area contributed by atoms with E-state index >= 15 is 0 Å². The van der Waals surface area contributed by atoms with E-state index in [9.17, 15) is 9.59 Å². The molecule has 1 saturated heterocycles. The maximum absolute atomic E-state index is 12.9. The Bertz CT molecular complexity index is 797. The maximum Gasteiger partial charge on any atom is 0.243 e. The Kier molecular flexibility index (Phi) is 6.48. The second kappa shape index (κ2) is 9.02. The zero-order valence-electron chi connectivity index (χ0n) is 15.4. The minimum absolute atomic E-state index is 0.00956. The van der Waals surface area contributed by atoms with Crippen LogP contribution in [0.25, 0.3) is 0 Å². The second-order valence-corrected chi connectivity index (χ2v) is 7.30. The van der Waals surface area contributed by atoms with Crippen LogP contribution in [0.2, 0.25) is 5.02 Å². The molecule has 27 heavy (non-hydrogen) atoms. The lowest BCUT2D eigenvalue weighted by Gasteiger charge is -2.27. The SMILES string of the molecule is CN(CC(=O)Nc1cccc(Cl)c1)C(=O)C1CCCN1Cc1ccccc1. The molecule has 1 N–H and O–H groups in total. The number of nitrogens with one attached hydrogen (secondary N) is 1. The highest BCUT2D eigenvalue weighted by Gasteiger charge is 2.32. The first kappa shape index (κ1) is 19.4. The Balaban J connectivity index is 1.56. The van der Waals surface area contributed by atoms with Gasteiger partial charge in [0.25, 0.3) is 0 Å². The molecule has 6 heteroatoms. The van der Waals surface area contributed by atoms with Crippen molar-refractivity contribution in [2.75, 3.05) is 25.5 Å². The molecule has 0 bridgehead atoms. The smallest absolute Gasteiger partial charge is 0.243 e. The predicted molar refractivity (Wildman–Crippen MR) is 108 cm³/mol. The minimum atomic E-state index is -0.235. The summed E-state index contributed by atoms with van der Waals surface area (Å²) in [4.78, 5) is 28.8. The van der Waals surface area contributed by atoms with Gasteiger partial charge in [0.05, 0.1) is 12.6 Å². The van der Waals surface area contributed by atoms with Crippen molar-refractivity contribution >= 4 is 29.1 Å². The lowest BCUT2D eigenvalue weighted by Crippen LogP contribution is -2.46. The first-order valence-electron chi connectivity index (χ1n) is 9.11. The number of rotatable bonds is 6. The molecule has 2 aromatic rings. The molecule has 0 spiro atoms. The molecule has 1 aliphatic heterocycles. The van der Waals surface area contributed by atoms with Crippen molar-refractivity contribution in [1.29, 1.82) is 0 Å². The van der Waals surface area contributed by atoms with Crippen LogP contribution < -0.4 is 5.32 Å². The summed E-state index contributed by atoms with van der Waals surface area (Å²) >= 11 is 5.93. The summed E-state index contributed by atoms with van der Waals surface area (Å²) in [7, 11) is 1.68. The summed E-state index contributed by atoms with van der Waals surface area (Å²) in [6.07, 6.45) is 1.82. The lowest BCUT2D eigenvalue weighted by molar-refractivity contribution is -0.137. The van der Waals surface area contributed by atoms with E-state index in [-0.39, 0.29) is 24.4 Å². The number of carbonyl (C=O) groups excluding carboxylic acids is 2. The van der Waals surface area contributed by atoms with E-state index < -0.39 is 0 Å². The fraction of sp³-hybridized carbons (Fsp3) is 0.333. The van der Waals surface area contributed by atoms with Gasteiger partial charge >= 0.3 is 0 Å². The topological polar surface area (TPSA) is 52.7 Å². The van der Waals surface area contributed by atoms with E-state index in [0.29, 0.717) is 10.7 Å². The van der Waals surface area contributed by atoms with Crippen molar-refractivity contribution in [2.45, 2.75) is 25.4 Å². The van der Waals surface area contributed by atoms with Gasteiger partial charge in [-0.2, -0.15) is 0 Å². The average molecular weight is 386 g/mol. The number of likely N-dealkylation sites (tertiary alicyclic amines) is 1. The molecule has 1 atom stereocenters. The summed E-state index contributed by atoms with van der Waals surface area (Å²) in [6, 6.07) is 16.9. The molecule has 0 aromatic heterocycles. The van der Waals surface area contributed by atoms with E-state index in [1.165, 1.54) is 10.5 Å². The van der Waals surface area contributed by atoms with Crippen LogP contribution in [0, 0.1) is 0 Å². The first-order chi connectivity index (χ1) is 13.0. The van der Waals surface area contributed by atoms with Crippen molar-refractivity contribution in [3.8, 4) is 0 Å².